The summed E-state index contributed by atoms with van der Waals surface area (Å²) < 4.78 is 20.6. The zero-order valence-electron chi connectivity index (χ0n) is 25.8. The van der Waals surface area contributed by atoms with Gasteiger partial charge in [-0.1, -0.05) is 0 Å². The second-order valence-electron chi connectivity index (χ2n) is 15.9. The van der Waals surface area contributed by atoms with Crippen LogP contribution in [0.3, 0.4) is 0 Å². The third-order valence-electron chi connectivity index (χ3n) is 8.62. The van der Waals surface area contributed by atoms with Crippen molar-refractivity contribution in [3.8, 4) is 0 Å². The summed E-state index contributed by atoms with van der Waals surface area (Å²) >= 11 is -3.92. The molecule has 0 unspecified atom stereocenters. The van der Waals surface area contributed by atoms with E-state index in [1.54, 1.807) is 0 Å². The predicted octanol–water partition coefficient (Wildman–Crippen LogP) is 6.59. The van der Waals surface area contributed by atoms with Crippen molar-refractivity contribution >= 4 is 14.4 Å². The van der Waals surface area contributed by atoms with Crippen molar-refractivity contribution in [3.63, 3.8) is 0 Å². The second kappa shape index (κ2) is 9.20. The van der Waals surface area contributed by atoms with Crippen molar-refractivity contribution in [1.82, 2.24) is 17.8 Å². The van der Waals surface area contributed by atoms with Crippen molar-refractivity contribution in [2.24, 2.45) is 0 Å². The molecule has 3 aliphatic rings. The van der Waals surface area contributed by atoms with Gasteiger partial charge in [-0.2, -0.15) is 0 Å². The first-order chi connectivity index (χ1) is 15.6. The monoisotopic (exact) mass is 556 g/mol. The molecule has 206 valence electrons. The predicted molar refractivity (Wildman–Crippen MR) is 149 cm³/mol. The molecule has 0 aliphatic carbocycles. The number of piperidine rings is 2. The van der Waals surface area contributed by atoms with Crippen molar-refractivity contribution in [3.05, 3.63) is 0 Å². The van der Waals surface area contributed by atoms with E-state index in [0.29, 0.717) is 0 Å². The minimum atomic E-state index is -3.92. The molecule has 0 aromatic heterocycles. The molecule has 0 aromatic rings. The minimum absolute atomic E-state index is 0.0496. The molecule has 0 amide bonds. The zero-order valence-corrected chi connectivity index (χ0v) is 27.9. The first-order valence-corrected chi connectivity index (χ1v) is 17.7. The number of rotatable bonds is 4. The molecule has 0 atom stereocenters. The van der Waals surface area contributed by atoms with Crippen molar-refractivity contribution in [2.75, 3.05) is 13.1 Å². The Balaban J connectivity index is 2.22. The third kappa shape index (κ3) is 5.69. The molecule has 3 heterocycles. The summed E-state index contributed by atoms with van der Waals surface area (Å²) in [5.74, 6) is 0. The van der Waals surface area contributed by atoms with Crippen LogP contribution in [0.4, 0.5) is 0 Å². The summed E-state index contributed by atoms with van der Waals surface area (Å²) in [5.41, 5.74) is -0.321. The standard InChI is InChI=1S/C28H58GeN4O2/c1-23(2,3)30-21-22-31(24(4,5)6)29(30,34-32-25(7,8)17-15-18-26(32,9)10)35-33-27(11,12)19-16-20-28(33,13)14/h15-22H2,1-14H3. The first kappa shape index (κ1) is 29.9. The van der Waals surface area contributed by atoms with Crippen molar-refractivity contribution in [1.29, 1.82) is 0 Å². The topological polar surface area (TPSA) is 31.4 Å². The molecule has 6 nitrogen and oxygen atoms in total. The van der Waals surface area contributed by atoms with Gasteiger partial charge >= 0.3 is 222 Å². The van der Waals surface area contributed by atoms with Crippen LogP contribution in [0, 0.1) is 0 Å². The Kier molecular flexibility index (Phi) is 7.85. The first-order valence-electron chi connectivity index (χ1n) is 14.1. The number of hydrogen-bond acceptors (Lipinski definition) is 6. The van der Waals surface area contributed by atoms with Crippen molar-refractivity contribution < 1.29 is 7.73 Å². The van der Waals surface area contributed by atoms with E-state index in [2.05, 4.69) is 115 Å². The molecule has 0 saturated carbocycles. The van der Waals surface area contributed by atoms with Crippen LogP contribution >= 0.6 is 0 Å². The van der Waals surface area contributed by atoms with Gasteiger partial charge in [0.05, 0.1) is 0 Å². The van der Waals surface area contributed by atoms with Crippen LogP contribution in [-0.4, -0.2) is 78.5 Å². The van der Waals surface area contributed by atoms with Crippen LogP contribution in [0.5, 0.6) is 0 Å². The van der Waals surface area contributed by atoms with Gasteiger partial charge in [0.1, 0.15) is 0 Å². The summed E-state index contributed by atoms with van der Waals surface area (Å²) in [5, 5.41) is 4.77. The van der Waals surface area contributed by atoms with Crippen LogP contribution in [0.2, 0.25) is 0 Å². The Morgan fingerprint density at radius 3 is 1.00 bits per heavy atom. The maximum absolute atomic E-state index is 7.65. The van der Waals surface area contributed by atoms with Crippen LogP contribution in [0.1, 0.15) is 135 Å². The number of hydrogen-bond donors (Lipinski definition) is 0. The van der Waals surface area contributed by atoms with Gasteiger partial charge in [0.15, 0.2) is 0 Å². The Bertz CT molecular complexity index is 670. The van der Waals surface area contributed by atoms with E-state index in [1.165, 1.54) is 12.8 Å². The fourth-order valence-electron chi connectivity index (χ4n) is 7.04. The Morgan fingerprint density at radius 2 is 0.771 bits per heavy atom. The van der Waals surface area contributed by atoms with Gasteiger partial charge in [0.2, 0.25) is 0 Å². The maximum atomic E-state index is 7.65. The molecule has 0 aromatic carbocycles. The van der Waals surface area contributed by atoms with E-state index in [9.17, 15) is 0 Å². The summed E-state index contributed by atoms with van der Waals surface area (Å²) in [6, 6.07) is 0. The summed E-state index contributed by atoms with van der Waals surface area (Å²) in [6.45, 7) is 34.8. The Morgan fingerprint density at radius 1 is 0.514 bits per heavy atom. The molecular formula is C28H58GeN4O2. The average molecular weight is 555 g/mol. The van der Waals surface area contributed by atoms with E-state index in [0.717, 1.165) is 38.8 Å². The van der Waals surface area contributed by atoms with E-state index >= 15 is 0 Å². The summed E-state index contributed by atoms with van der Waals surface area (Å²) in [7, 11) is 0. The van der Waals surface area contributed by atoms with Crippen LogP contribution in [0.15, 0.2) is 0 Å². The molecule has 3 rings (SSSR count). The van der Waals surface area contributed by atoms with E-state index in [-0.39, 0.29) is 33.2 Å². The van der Waals surface area contributed by atoms with Gasteiger partial charge in [-0.15, -0.1) is 0 Å². The van der Waals surface area contributed by atoms with Gasteiger partial charge in [-0.25, -0.2) is 0 Å². The van der Waals surface area contributed by atoms with Crippen LogP contribution < -0.4 is 0 Å². The quantitative estimate of drug-likeness (QED) is 0.364. The van der Waals surface area contributed by atoms with Crippen LogP contribution in [-0.2, 0) is 7.73 Å². The number of nitrogens with zero attached hydrogens (tertiary/aromatic N) is 4. The zero-order chi connectivity index (χ0) is 26.9. The summed E-state index contributed by atoms with van der Waals surface area (Å²) in [6.07, 6.45) is 7.03. The Labute approximate surface area is 221 Å². The molecule has 0 N–H and O–H groups in total. The van der Waals surface area contributed by atoms with E-state index in [1.807, 2.05) is 0 Å². The van der Waals surface area contributed by atoms with E-state index in [4.69, 9.17) is 7.73 Å². The Hall–Kier alpha value is 0.303. The molecule has 3 saturated heterocycles. The fourth-order valence-corrected chi connectivity index (χ4v) is 16.8. The normalized spacial score (nSPS) is 30.0. The SMILES string of the molecule is CC(C)(C)[N]1CC[N](C(C)(C)C)[Ge]1([O]N1C(C)(C)CCCC1(C)C)[O]N1C(C)(C)CCCC1(C)C. The molecule has 35 heavy (non-hydrogen) atoms. The molecule has 0 bridgehead atoms. The van der Waals surface area contributed by atoms with Crippen LogP contribution in [0.25, 0.3) is 0 Å². The molecule has 7 heteroatoms. The second-order valence-corrected chi connectivity index (χ2v) is 21.3. The molecular weight excluding hydrogens is 497 g/mol. The number of hydroxylamine groups is 4. The summed E-state index contributed by atoms with van der Waals surface area (Å²) in [4.78, 5) is 0. The third-order valence-corrected chi connectivity index (χ3v) is 17.0. The van der Waals surface area contributed by atoms with Gasteiger partial charge in [0, 0.05) is 0 Å². The van der Waals surface area contributed by atoms with Gasteiger partial charge < -0.3 is 0 Å². The fraction of sp³-hybridized carbons (Fsp3) is 1.00. The average Bonchev–Trinajstić information content (AvgIpc) is 3.01. The van der Waals surface area contributed by atoms with E-state index < -0.39 is 14.4 Å². The van der Waals surface area contributed by atoms with Crippen molar-refractivity contribution in [2.45, 2.75) is 169 Å². The van der Waals surface area contributed by atoms with Gasteiger partial charge in [-0.3, -0.25) is 0 Å². The molecule has 3 aliphatic heterocycles. The van der Waals surface area contributed by atoms with Gasteiger partial charge in [-0.05, 0) is 0 Å². The molecule has 3 fully saturated rings. The molecule has 0 radical (unpaired) electrons. The van der Waals surface area contributed by atoms with Gasteiger partial charge in [0.25, 0.3) is 0 Å². The molecule has 0 spiro atoms.